The van der Waals surface area contributed by atoms with Crippen molar-refractivity contribution in [3.63, 3.8) is 0 Å². The Hall–Kier alpha value is -1.32. The molecule has 114 valence electrons. The molecule has 1 aromatic carbocycles. The molecular weight excluding hydrogens is 278 g/mol. The molecule has 0 aliphatic heterocycles. The molecule has 0 spiro atoms. The maximum absolute atomic E-state index is 5.99. The number of para-hydroxylation sites is 1. The third-order valence-electron chi connectivity index (χ3n) is 3.28. The van der Waals surface area contributed by atoms with Gasteiger partial charge in [0.15, 0.2) is 0 Å². The molecule has 0 saturated carbocycles. The minimum absolute atomic E-state index is 0.194. The van der Waals surface area contributed by atoms with E-state index in [0.717, 1.165) is 25.1 Å². The second kappa shape index (κ2) is 8.20. The van der Waals surface area contributed by atoms with Crippen LogP contribution in [0, 0.1) is 0 Å². The minimum atomic E-state index is 0.194. The summed E-state index contributed by atoms with van der Waals surface area (Å²) in [4.78, 5) is 1.41. The zero-order valence-corrected chi connectivity index (χ0v) is 14.0. The zero-order chi connectivity index (χ0) is 15.1. The van der Waals surface area contributed by atoms with Crippen molar-refractivity contribution in [2.75, 3.05) is 6.54 Å². The van der Waals surface area contributed by atoms with Crippen LogP contribution in [0.25, 0.3) is 0 Å². The minimum Gasteiger partial charge on any atom is -0.491 e. The third-order valence-corrected chi connectivity index (χ3v) is 4.18. The first kappa shape index (κ1) is 16.1. The van der Waals surface area contributed by atoms with Gasteiger partial charge in [0, 0.05) is 22.9 Å². The fraction of sp³-hybridized carbons (Fsp3) is 0.444. The van der Waals surface area contributed by atoms with Crippen LogP contribution in [-0.2, 0) is 6.42 Å². The van der Waals surface area contributed by atoms with E-state index in [9.17, 15) is 0 Å². The molecule has 3 heteroatoms. The Balaban J connectivity index is 2.22. The average molecular weight is 303 g/mol. The van der Waals surface area contributed by atoms with Crippen molar-refractivity contribution in [1.82, 2.24) is 5.32 Å². The summed E-state index contributed by atoms with van der Waals surface area (Å²) in [6, 6.07) is 13.0. The van der Waals surface area contributed by atoms with E-state index in [2.05, 4.69) is 61.8 Å². The van der Waals surface area contributed by atoms with Gasteiger partial charge in [-0.2, -0.15) is 0 Å². The number of rotatable bonds is 8. The van der Waals surface area contributed by atoms with E-state index in [1.165, 1.54) is 10.4 Å². The van der Waals surface area contributed by atoms with E-state index in [1.807, 2.05) is 17.4 Å². The highest BCUT2D eigenvalue weighted by molar-refractivity contribution is 7.09. The number of hydrogen-bond acceptors (Lipinski definition) is 3. The van der Waals surface area contributed by atoms with Crippen LogP contribution in [0.3, 0.4) is 0 Å². The van der Waals surface area contributed by atoms with Gasteiger partial charge in [0.25, 0.3) is 0 Å². The van der Waals surface area contributed by atoms with Gasteiger partial charge < -0.3 is 10.1 Å². The molecule has 21 heavy (non-hydrogen) atoms. The van der Waals surface area contributed by atoms with Gasteiger partial charge in [-0.15, -0.1) is 11.3 Å². The molecule has 0 radical (unpaired) electrons. The highest BCUT2D eigenvalue weighted by Crippen LogP contribution is 2.29. The van der Waals surface area contributed by atoms with Gasteiger partial charge in [-0.05, 0) is 44.3 Å². The van der Waals surface area contributed by atoms with Crippen molar-refractivity contribution >= 4 is 11.3 Å². The van der Waals surface area contributed by atoms with E-state index in [1.54, 1.807) is 0 Å². The molecule has 1 aromatic heterocycles. The normalized spacial score (nSPS) is 12.6. The van der Waals surface area contributed by atoms with Crippen LogP contribution in [0.4, 0.5) is 0 Å². The van der Waals surface area contributed by atoms with Crippen molar-refractivity contribution in [3.05, 3.63) is 52.2 Å². The summed E-state index contributed by atoms with van der Waals surface area (Å²) in [6.45, 7) is 7.37. The van der Waals surface area contributed by atoms with Crippen LogP contribution < -0.4 is 10.1 Å². The van der Waals surface area contributed by atoms with E-state index < -0.39 is 0 Å². The second-order valence-electron chi connectivity index (χ2n) is 5.49. The van der Waals surface area contributed by atoms with Crippen LogP contribution in [-0.4, -0.2) is 12.6 Å². The highest BCUT2D eigenvalue weighted by Gasteiger charge is 2.17. The van der Waals surface area contributed by atoms with Crippen molar-refractivity contribution in [1.29, 1.82) is 0 Å². The zero-order valence-electron chi connectivity index (χ0n) is 13.1. The predicted molar refractivity (Wildman–Crippen MR) is 91.3 cm³/mol. The second-order valence-corrected chi connectivity index (χ2v) is 6.53. The molecule has 1 atom stereocenters. The molecule has 0 aliphatic carbocycles. The van der Waals surface area contributed by atoms with E-state index in [-0.39, 0.29) is 6.10 Å². The quantitative estimate of drug-likeness (QED) is 0.755. The lowest BCUT2D eigenvalue weighted by Gasteiger charge is -2.22. The molecule has 1 N–H and O–H groups in total. The first-order valence-corrected chi connectivity index (χ1v) is 8.60. The number of benzene rings is 1. The molecule has 1 unspecified atom stereocenters. The van der Waals surface area contributed by atoms with Crippen molar-refractivity contribution in [2.45, 2.75) is 45.8 Å². The highest BCUT2D eigenvalue weighted by atomic mass is 32.1. The molecule has 2 nitrogen and oxygen atoms in total. The van der Waals surface area contributed by atoms with Gasteiger partial charge in [-0.1, -0.05) is 31.2 Å². The monoisotopic (exact) mass is 303 g/mol. The molecule has 0 aliphatic rings. The maximum atomic E-state index is 5.99. The summed E-state index contributed by atoms with van der Waals surface area (Å²) in [7, 11) is 0. The van der Waals surface area contributed by atoms with Gasteiger partial charge in [-0.3, -0.25) is 0 Å². The summed E-state index contributed by atoms with van der Waals surface area (Å²) < 4.78 is 5.99. The largest absolute Gasteiger partial charge is 0.491 e. The van der Waals surface area contributed by atoms with Crippen LogP contribution >= 0.6 is 11.3 Å². The lowest BCUT2D eigenvalue weighted by Crippen LogP contribution is -2.25. The number of ether oxygens (including phenoxy) is 1. The van der Waals surface area contributed by atoms with Crippen LogP contribution in [0.2, 0.25) is 0 Å². The predicted octanol–water partition coefficient (Wildman–Crippen LogP) is 4.82. The number of thiophene rings is 1. The molecule has 2 aromatic rings. The lowest BCUT2D eigenvalue weighted by atomic mass is 10.0. The van der Waals surface area contributed by atoms with Crippen molar-refractivity contribution < 1.29 is 4.74 Å². The van der Waals surface area contributed by atoms with Crippen molar-refractivity contribution in [3.8, 4) is 5.75 Å². The molecule has 1 heterocycles. The Morgan fingerprint density at radius 2 is 1.95 bits per heavy atom. The Morgan fingerprint density at radius 3 is 2.62 bits per heavy atom. The van der Waals surface area contributed by atoms with E-state index in [0.29, 0.717) is 6.04 Å². The van der Waals surface area contributed by atoms with Gasteiger partial charge in [-0.25, -0.2) is 0 Å². The van der Waals surface area contributed by atoms with Gasteiger partial charge in [0.05, 0.1) is 6.10 Å². The SMILES string of the molecule is CCCNC(Cc1cccs1)c1ccccc1OC(C)C. The summed E-state index contributed by atoms with van der Waals surface area (Å²) >= 11 is 1.82. The fourth-order valence-electron chi connectivity index (χ4n) is 2.37. The molecule has 0 amide bonds. The summed E-state index contributed by atoms with van der Waals surface area (Å²) in [5, 5.41) is 5.81. The molecular formula is C18H25NOS. The first-order valence-electron chi connectivity index (χ1n) is 7.72. The smallest absolute Gasteiger partial charge is 0.124 e. The maximum Gasteiger partial charge on any atom is 0.124 e. The molecule has 0 saturated heterocycles. The van der Waals surface area contributed by atoms with Gasteiger partial charge >= 0.3 is 0 Å². The Morgan fingerprint density at radius 1 is 1.14 bits per heavy atom. The van der Waals surface area contributed by atoms with Gasteiger partial charge in [0.1, 0.15) is 5.75 Å². The third kappa shape index (κ3) is 4.87. The summed E-state index contributed by atoms with van der Waals surface area (Å²) in [5.74, 6) is 0.998. The summed E-state index contributed by atoms with van der Waals surface area (Å²) in [5.41, 5.74) is 1.26. The molecule has 2 rings (SSSR count). The van der Waals surface area contributed by atoms with E-state index >= 15 is 0 Å². The van der Waals surface area contributed by atoms with Crippen LogP contribution in [0.1, 0.15) is 43.7 Å². The molecule has 0 bridgehead atoms. The fourth-order valence-corrected chi connectivity index (χ4v) is 3.12. The number of hydrogen-bond donors (Lipinski definition) is 1. The Labute approximate surface area is 132 Å². The van der Waals surface area contributed by atoms with E-state index in [4.69, 9.17) is 4.74 Å². The lowest BCUT2D eigenvalue weighted by molar-refractivity contribution is 0.237. The van der Waals surface area contributed by atoms with Crippen LogP contribution in [0.5, 0.6) is 5.75 Å². The Kier molecular flexibility index (Phi) is 6.27. The van der Waals surface area contributed by atoms with Crippen LogP contribution in [0.15, 0.2) is 41.8 Å². The Bertz CT molecular complexity index is 522. The molecule has 0 fully saturated rings. The standard InChI is InChI=1S/C18H25NOS/c1-4-11-19-17(13-15-8-7-12-21-15)16-9-5-6-10-18(16)20-14(2)3/h5-10,12,14,17,19H,4,11,13H2,1-3H3. The van der Waals surface area contributed by atoms with Gasteiger partial charge in [0.2, 0.25) is 0 Å². The average Bonchev–Trinajstić information content (AvgIpc) is 2.96. The summed E-state index contributed by atoms with van der Waals surface area (Å²) in [6.07, 6.45) is 2.34. The van der Waals surface area contributed by atoms with Crippen molar-refractivity contribution in [2.24, 2.45) is 0 Å². The first-order chi connectivity index (χ1) is 10.2. The number of nitrogens with one attached hydrogen (secondary N) is 1. The topological polar surface area (TPSA) is 21.3 Å².